The smallest absolute Gasteiger partial charge is 0.133 e. The maximum atomic E-state index is 11.0. The molecule has 0 fully saturated rings. The summed E-state index contributed by atoms with van der Waals surface area (Å²) >= 11 is 0. The van der Waals surface area contributed by atoms with Crippen molar-refractivity contribution in [3.8, 4) is 5.75 Å². The Kier molecular flexibility index (Phi) is 4.15. The van der Waals surface area contributed by atoms with Crippen molar-refractivity contribution in [2.45, 2.75) is 0 Å². The molecule has 0 radical (unpaired) electrons. The number of hydrogen-bond donors (Lipinski definition) is 1. The van der Waals surface area contributed by atoms with Crippen LogP contribution >= 0.6 is 0 Å². The van der Waals surface area contributed by atoms with E-state index in [1.165, 1.54) is 0 Å². The molecule has 0 saturated heterocycles. The molecule has 1 aromatic heterocycles. The van der Waals surface area contributed by atoms with Gasteiger partial charge in [-0.1, -0.05) is 0 Å². The van der Waals surface area contributed by atoms with Crippen LogP contribution in [0.15, 0.2) is 30.5 Å². The summed E-state index contributed by atoms with van der Waals surface area (Å²) in [5.41, 5.74) is 0. The van der Waals surface area contributed by atoms with Gasteiger partial charge in [-0.3, -0.25) is 4.21 Å². The molecule has 18 heavy (non-hydrogen) atoms. The van der Waals surface area contributed by atoms with Crippen LogP contribution in [0, 0.1) is 0 Å². The van der Waals surface area contributed by atoms with Crippen LogP contribution in [0.2, 0.25) is 0 Å². The number of rotatable bonds is 5. The first-order chi connectivity index (χ1) is 8.70. The molecule has 2 aromatic rings. The number of pyridine rings is 1. The first-order valence-corrected chi connectivity index (χ1v) is 7.40. The Hall–Kier alpha value is -1.62. The Morgan fingerprint density at radius 3 is 2.94 bits per heavy atom. The predicted octanol–water partition coefficient (Wildman–Crippen LogP) is 2.03. The van der Waals surface area contributed by atoms with E-state index in [1.54, 1.807) is 19.6 Å². The fourth-order valence-corrected chi connectivity index (χ4v) is 2.13. The van der Waals surface area contributed by atoms with Crippen LogP contribution < -0.4 is 10.1 Å². The van der Waals surface area contributed by atoms with E-state index in [1.807, 2.05) is 24.3 Å². The second-order valence-corrected chi connectivity index (χ2v) is 5.51. The van der Waals surface area contributed by atoms with Crippen LogP contribution in [0.1, 0.15) is 0 Å². The molecule has 0 aliphatic carbocycles. The van der Waals surface area contributed by atoms with Gasteiger partial charge in [0.1, 0.15) is 11.6 Å². The van der Waals surface area contributed by atoms with Crippen molar-refractivity contribution in [2.75, 3.05) is 31.0 Å². The largest absolute Gasteiger partial charge is 0.497 e. The van der Waals surface area contributed by atoms with E-state index < -0.39 is 10.8 Å². The van der Waals surface area contributed by atoms with E-state index in [9.17, 15) is 4.21 Å². The summed E-state index contributed by atoms with van der Waals surface area (Å²) in [6, 6.07) is 7.81. The second kappa shape index (κ2) is 5.82. The number of fused-ring (bicyclic) bond motifs is 1. The number of hydrogen-bond acceptors (Lipinski definition) is 4. The highest BCUT2D eigenvalue weighted by Crippen LogP contribution is 2.24. The molecule has 0 saturated carbocycles. The fourth-order valence-electron chi connectivity index (χ4n) is 1.74. The minimum absolute atomic E-state index is 0.619. The average molecular weight is 264 g/mol. The van der Waals surface area contributed by atoms with Gasteiger partial charge in [-0.05, 0) is 29.7 Å². The van der Waals surface area contributed by atoms with E-state index >= 15 is 0 Å². The van der Waals surface area contributed by atoms with Crippen molar-refractivity contribution in [2.24, 2.45) is 0 Å². The quantitative estimate of drug-likeness (QED) is 0.898. The van der Waals surface area contributed by atoms with Gasteiger partial charge in [0.2, 0.25) is 0 Å². The first-order valence-electron chi connectivity index (χ1n) is 5.67. The summed E-state index contributed by atoms with van der Waals surface area (Å²) in [6.45, 7) is 0.654. The molecule has 1 unspecified atom stereocenters. The molecule has 1 aromatic carbocycles. The highest BCUT2D eigenvalue weighted by Gasteiger charge is 2.03. The lowest BCUT2D eigenvalue weighted by Crippen LogP contribution is -2.10. The molecule has 0 amide bonds. The maximum absolute atomic E-state index is 11.0. The van der Waals surface area contributed by atoms with Crippen molar-refractivity contribution in [1.82, 2.24) is 4.98 Å². The van der Waals surface area contributed by atoms with Gasteiger partial charge in [0.25, 0.3) is 0 Å². The van der Waals surface area contributed by atoms with Crippen LogP contribution in [0.3, 0.4) is 0 Å². The van der Waals surface area contributed by atoms with Gasteiger partial charge < -0.3 is 10.1 Å². The third-order valence-corrected chi connectivity index (χ3v) is 3.43. The van der Waals surface area contributed by atoms with E-state index in [4.69, 9.17) is 4.74 Å². The number of aromatic nitrogens is 1. The Morgan fingerprint density at radius 1 is 1.39 bits per heavy atom. The number of nitrogens with zero attached hydrogens (tertiary/aromatic N) is 1. The zero-order chi connectivity index (χ0) is 13.0. The summed E-state index contributed by atoms with van der Waals surface area (Å²) in [5.74, 6) is 2.27. The monoisotopic (exact) mass is 264 g/mol. The molecule has 0 bridgehead atoms. The van der Waals surface area contributed by atoms with Gasteiger partial charge in [0, 0.05) is 40.9 Å². The molecule has 5 heteroatoms. The Labute approximate surface area is 109 Å². The molecule has 96 valence electrons. The van der Waals surface area contributed by atoms with E-state index in [-0.39, 0.29) is 0 Å². The van der Waals surface area contributed by atoms with Crippen LogP contribution in [0.5, 0.6) is 5.75 Å². The lowest BCUT2D eigenvalue weighted by molar-refractivity contribution is 0.415. The van der Waals surface area contributed by atoms with Gasteiger partial charge in [-0.25, -0.2) is 4.98 Å². The lowest BCUT2D eigenvalue weighted by Gasteiger charge is -2.09. The second-order valence-electron chi connectivity index (χ2n) is 3.95. The fraction of sp³-hybridized carbons (Fsp3) is 0.308. The van der Waals surface area contributed by atoms with E-state index in [2.05, 4.69) is 10.3 Å². The van der Waals surface area contributed by atoms with Gasteiger partial charge >= 0.3 is 0 Å². The highest BCUT2D eigenvalue weighted by atomic mass is 32.2. The van der Waals surface area contributed by atoms with Crippen LogP contribution in [-0.4, -0.2) is 34.9 Å². The molecule has 4 nitrogen and oxygen atoms in total. The van der Waals surface area contributed by atoms with Gasteiger partial charge in [0.15, 0.2) is 0 Å². The summed E-state index contributed by atoms with van der Waals surface area (Å²) < 4.78 is 16.2. The summed E-state index contributed by atoms with van der Waals surface area (Å²) in [7, 11) is 0.863. The summed E-state index contributed by atoms with van der Waals surface area (Å²) in [4.78, 5) is 4.31. The predicted molar refractivity (Wildman–Crippen MR) is 75.7 cm³/mol. The van der Waals surface area contributed by atoms with Crippen molar-refractivity contribution in [3.63, 3.8) is 0 Å². The van der Waals surface area contributed by atoms with Crippen LogP contribution in [0.4, 0.5) is 5.82 Å². The molecule has 2 rings (SSSR count). The molecule has 0 aliphatic heterocycles. The maximum Gasteiger partial charge on any atom is 0.133 e. The molecular formula is C13H16N2O2S. The van der Waals surface area contributed by atoms with E-state index in [0.29, 0.717) is 12.3 Å². The third-order valence-electron chi connectivity index (χ3n) is 2.65. The minimum Gasteiger partial charge on any atom is -0.497 e. The average Bonchev–Trinajstić information content (AvgIpc) is 2.38. The van der Waals surface area contributed by atoms with Crippen LogP contribution in [0.25, 0.3) is 10.8 Å². The van der Waals surface area contributed by atoms with Crippen molar-refractivity contribution >= 4 is 27.4 Å². The zero-order valence-corrected chi connectivity index (χ0v) is 11.3. The number of ether oxygens (including phenoxy) is 1. The Balaban J connectivity index is 2.25. The van der Waals surface area contributed by atoms with Crippen LogP contribution in [-0.2, 0) is 10.8 Å². The lowest BCUT2D eigenvalue weighted by atomic mass is 10.1. The van der Waals surface area contributed by atoms with Gasteiger partial charge in [0.05, 0.1) is 7.11 Å². The van der Waals surface area contributed by atoms with E-state index in [0.717, 1.165) is 22.3 Å². The molecule has 0 aliphatic rings. The van der Waals surface area contributed by atoms with Gasteiger partial charge in [-0.2, -0.15) is 0 Å². The van der Waals surface area contributed by atoms with Crippen molar-refractivity contribution < 1.29 is 8.95 Å². The SMILES string of the molecule is COc1ccc2c(NCCS(C)=O)nccc2c1. The van der Waals surface area contributed by atoms with Crippen molar-refractivity contribution in [1.29, 1.82) is 0 Å². The summed E-state index contributed by atoms with van der Waals surface area (Å²) in [5, 5.41) is 5.33. The molecule has 1 N–H and O–H groups in total. The first kappa shape index (κ1) is 12.8. The zero-order valence-electron chi connectivity index (χ0n) is 10.5. The third kappa shape index (κ3) is 2.98. The Morgan fingerprint density at radius 2 is 2.22 bits per heavy atom. The number of anilines is 1. The molecule has 1 atom stereocenters. The number of nitrogens with one attached hydrogen (secondary N) is 1. The molecular weight excluding hydrogens is 248 g/mol. The topological polar surface area (TPSA) is 51.2 Å². The Bertz CT molecular complexity index is 572. The highest BCUT2D eigenvalue weighted by molar-refractivity contribution is 7.84. The van der Waals surface area contributed by atoms with Gasteiger partial charge in [-0.15, -0.1) is 0 Å². The summed E-state index contributed by atoms with van der Waals surface area (Å²) in [6.07, 6.45) is 3.45. The van der Waals surface area contributed by atoms with Crippen molar-refractivity contribution in [3.05, 3.63) is 30.5 Å². The number of benzene rings is 1. The number of methoxy groups -OCH3 is 1. The molecule has 1 heterocycles. The molecule has 0 spiro atoms. The standard InChI is InChI=1S/C13H16N2O2S/c1-17-11-3-4-12-10(9-11)5-6-14-13(12)15-7-8-18(2)16/h3-6,9H,7-8H2,1-2H3,(H,14,15). The normalized spacial score (nSPS) is 12.3. The minimum atomic E-state index is -0.788.